The van der Waals surface area contributed by atoms with Gasteiger partial charge in [0.25, 0.3) is 0 Å². The zero-order valence-corrected chi connectivity index (χ0v) is 14.3. The first-order valence-electron chi connectivity index (χ1n) is 8.62. The summed E-state index contributed by atoms with van der Waals surface area (Å²) < 4.78 is 13.9. The van der Waals surface area contributed by atoms with Gasteiger partial charge in [-0.05, 0) is 12.1 Å². The van der Waals surface area contributed by atoms with Crippen LogP contribution in [0.1, 0.15) is 11.3 Å². The van der Waals surface area contributed by atoms with Gasteiger partial charge in [0.2, 0.25) is 0 Å². The monoisotopic (exact) mass is 347 g/mol. The smallest absolute Gasteiger partial charge is 0.187 e. The van der Waals surface area contributed by atoms with Gasteiger partial charge in [-0.2, -0.15) is 5.26 Å². The van der Waals surface area contributed by atoms with Gasteiger partial charge in [-0.25, -0.2) is 4.39 Å². The number of nitrogens with zero attached hydrogens (tertiary/aromatic N) is 5. The van der Waals surface area contributed by atoms with Crippen molar-refractivity contribution >= 4 is 16.6 Å². The van der Waals surface area contributed by atoms with Crippen molar-refractivity contribution in [3.05, 3.63) is 65.6 Å². The fraction of sp³-hybridized carbons (Fsp3) is 0.250. The second kappa shape index (κ2) is 7.06. The molecule has 130 valence electrons. The largest absolute Gasteiger partial charge is 0.366 e. The molecule has 4 rings (SSSR count). The Hall–Kier alpha value is -3.04. The summed E-state index contributed by atoms with van der Waals surface area (Å²) in [7, 11) is 0. The number of fused-ring (bicyclic) bond motifs is 1. The molecule has 0 aliphatic carbocycles. The molecule has 5 nitrogen and oxygen atoms in total. The molecule has 0 bridgehead atoms. The number of anilines is 1. The molecule has 6 heteroatoms. The van der Waals surface area contributed by atoms with Gasteiger partial charge in [0.05, 0.1) is 11.2 Å². The molecule has 0 amide bonds. The van der Waals surface area contributed by atoms with Crippen LogP contribution < -0.4 is 4.90 Å². The molecular weight excluding hydrogens is 329 g/mol. The number of halogens is 1. The number of piperazine rings is 1. The van der Waals surface area contributed by atoms with Crippen LogP contribution >= 0.6 is 0 Å². The number of aromatic nitrogens is 2. The first-order valence-corrected chi connectivity index (χ1v) is 8.62. The molecule has 1 fully saturated rings. The third kappa shape index (κ3) is 3.09. The highest BCUT2D eigenvalue weighted by atomic mass is 19.1. The van der Waals surface area contributed by atoms with E-state index in [1.165, 1.54) is 6.07 Å². The molecule has 0 atom stereocenters. The molecule has 0 N–H and O–H groups in total. The van der Waals surface area contributed by atoms with Crippen LogP contribution in [-0.4, -0.2) is 41.3 Å². The van der Waals surface area contributed by atoms with Crippen molar-refractivity contribution in [1.82, 2.24) is 15.1 Å². The second-order valence-corrected chi connectivity index (χ2v) is 6.38. The molecule has 0 radical (unpaired) electrons. The summed E-state index contributed by atoms with van der Waals surface area (Å²) in [6.07, 6.45) is 0. The predicted octanol–water partition coefficient (Wildman–Crippen LogP) is 2.96. The minimum absolute atomic E-state index is 0.161. The third-order valence-corrected chi connectivity index (χ3v) is 4.79. The predicted molar refractivity (Wildman–Crippen MR) is 98.1 cm³/mol. The average Bonchev–Trinajstić information content (AvgIpc) is 2.69. The third-order valence-electron chi connectivity index (χ3n) is 4.79. The quantitative estimate of drug-likeness (QED) is 0.729. The second-order valence-electron chi connectivity index (χ2n) is 6.38. The Morgan fingerprint density at radius 3 is 2.46 bits per heavy atom. The van der Waals surface area contributed by atoms with E-state index in [1.807, 2.05) is 36.4 Å². The Bertz CT molecular complexity index is 973. The highest BCUT2D eigenvalue weighted by Crippen LogP contribution is 2.28. The van der Waals surface area contributed by atoms with E-state index in [1.54, 1.807) is 6.07 Å². The summed E-state index contributed by atoms with van der Waals surface area (Å²) in [6, 6.07) is 16.8. The molecule has 0 unspecified atom stereocenters. The number of hydrogen-bond acceptors (Lipinski definition) is 5. The van der Waals surface area contributed by atoms with Crippen molar-refractivity contribution in [2.45, 2.75) is 6.54 Å². The summed E-state index contributed by atoms with van der Waals surface area (Å²) in [6.45, 7) is 3.73. The molecule has 2 aromatic carbocycles. The molecule has 26 heavy (non-hydrogen) atoms. The number of hydrogen-bond donors (Lipinski definition) is 0. The average molecular weight is 347 g/mol. The Morgan fingerprint density at radius 2 is 1.69 bits per heavy atom. The Labute approximate surface area is 151 Å². The van der Waals surface area contributed by atoms with Crippen molar-refractivity contribution in [2.24, 2.45) is 0 Å². The van der Waals surface area contributed by atoms with Crippen molar-refractivity contribution in [1.29, 1.82) is 5.26 Å². The standard InChI is InChI=1S/C20H18FN5/c21-17-7-3-1-5-15(17)14-25-9-11-26(12-10-25)20-16-6-2-4-8-18(16)23-24-19(20)13-22/h1-8H,9-12,14H2. The lowest BCUT2D eigenvalue weighted by atomic mass is 10.1. The van der Waals surface area contributed by atoms with Gasteiger partial charge < -0.3 is 4.90 Å². The fourth-order valence-electron chi connectivity index (χ4n) is 3.43. The Balaban J connectivity index is 1.54. The highest BCUT2D eigenvalue weighted by molar-refractivity contribution is 5.93. The van der Waals surface area contributed by atoms with E-state index in [0.29, 0.717) is 12.2 Å². The maximum Gasteiger partial charge on any atom is 0.187 e. The zero-order chi connectivity index (χ0) is 17.9. The molecule has 2 heterocycles. The van der Waals surface area contributed by atoms with Gasteiger partial charge >= 0.3 is 0 Å². The Kier molecular flexibility index (Phi) is 4.46. The molecule has 0 spiro atoms. The maximum absolute atomic E-state index is 13.9. The highest BCUT2D eigenvalue weighted by Gasteiger charge is 2.23. The summed E-state index contributed by atoms with van der Waals surface area (Å²) in [5, 5.41) is 18.6. The van der Waals surface area contributed by atoms with Gasteiger partial charge in [0.1, 0.15) is 11.9 Å². The molecule has 1 aromatic heterocycles. The summed E-state index contributed by atoms with van der Waals surface area (Å²) in [5.74, 6) is -0.161. The van der Waals surface area contributed by atoms with E-state index in [2.05, 4.69) is 26.1 Å². The lowest BCUT2D eigenvalue weighted by Gasteiger charge is -2.36. The summed E-state index contributed by atoms with van der Waals surface area (Å²) in [4.78, 5) is 4.42. The summed E-state index contributed by atoms with van der Waals surface area (Å²) in [5.41, 5.74) is 2.71. The van der Waals surface area contributed by atoms with Gasteiger partial charge in [-0.1, -0.05) is 36.4 Å². The van der Waals surface area contributed by atoms with Gasteiger partial charge in [-0.3, -0.25) is 4.90 Å². The van der Waals surface area contributed by atoms with Crippen LogP contribution in [0.5, 0.6) is 0 Å². The van der Waals surface area contributed by atoms with Crippen molar-refractivity contribution in [3.8, 4) is 6.07 Å². The van der Waals surface area contributed by atoms with E-state index in [-0.39, 0.29) is 5.82 Å². The Morgan fingerprint density at radius 1 is 0.962 bits per heavy atom. The maximum atomic E-state index is 13.9. The van der Waals surface area contributed by atoms with E-state index >= 15 is 0 Å². The van der Waals surface area contributed by atoms with Crippen molar-refractivity contribution in [2.75, 3.05) is 31.1 Å². The minimum atomic E-state index is -0.161. The van der Waals surface area contributed by atoms with Crippen LogP contribution in [0, 0.1) is 17.1 Å². The van der Waals surface area contributed by atoms with Crippen molar-refractivity contribution in [3.63, 3.8) is 0 Å². The van der Waals surface area contributed by atoms with Crippen molar-refractivity contribution < 1.29 is 4.39 Å². The van der Waals surface area contributed by atoms with Gasteiger partial charge in [-0.15, -0.1) is 10.2 Å². The number of rotatable bonds is 3. The lowest BCUT2D eigenvalue weighted by Crippen LogP contribution is -2.46. The zero-order valence-electron chi connectivity index (χ0n) is 14.3. The van der Waals surface area contributed by atoms with Crippen LogP contribution in [-0.2, 0) is 6.54 Å². The van der Waals surface area contributed by atoms with Gasteiger partial charge in [0, 0.05) is 43.7 Å². The lowest BCUT2D eigenvalue weighted by molar-refractivity contribution is 0.246. The molecule has 1 saturated heterocycles. The van der Waals surface area contributed by atoms with E-state index < -0.39 is 0 Å². The number of benzene rings is 2. The van der Waals surface area contributed by atoms with Crippen LogP contribution in [0.3, 0.4) is 0 Å². The summed E-state index contributed by atoms with van der Waals surface area (Å²) >= 11 is 0. The molecule has 3 aromatic rings. The van der Waals surface area contributed by atoms with Crippen LogP contribution in [0.15, 0.2) is 48.5 Å². The van der Waals surface area contributed by atoms with Crippen LogP contribution in [0.4, 0.5) is 10.1 Å². The molecule has 1 aliphatic heterocycles. The van der Waals surface area contributed by atoms with Crippen LogP contribution in [0.25, 0.3) is 10.9 Å². The van der Waals surface area contributed by atoms with Crippen LogP contribution in [0.2, 0.25) is 0 Å². The first kappa shape index (κ1) is 16.4. The van der Waals surface area contributed by atoms with E-state index in [0.717, 1.165) is 48.3 Å². The normalized spacial score (nSPS) is 15.2. The first-order chi connectivity index (χ1) is 12.8. The molecule has 0 saturated carbocycles. The topological polar surface area (TPSA) is 56.1 Å². The van der Waals surface area contributed by atoms with Gasteiger partial charge in [0.15, 0.2) is 5.69 Å². The number of nitriles is 1. The molecule has 1 aliphatic rings. The fourth-order valence-corrected chi connectivity index (χ4v) is 3.43. The van der Waals surface area contributed by atoms with E-state index in [4.69, 9.17) is 0 Å². The minimum Gasteiger partial charge on any atom is -0.366 e. The van der Waals surface area contributed by atoms with E-state index in [9.17, 15) is 9.65 Å². The SMILES string of the molecule is N#Cc1nnc2ccccc2c1N1CCN(Cc2ccccc2F)CC1. The molecular formula is C20H18FN5.